The van der Waals surface area contributed by atoms with E-state index in [-0.39, 0.29) is 11.3 Å². The summed E-state index contributed by atoms with van der Waals surface area (Å²) in [6.07, 6.45) is 0. The van der Waals surface area contributed by atoms with Crippen molar-refractivity contribution in [2.75, 3.05) is 10.5 Å². The van der Waals surface area contributed by atoms with Crippen molar-refractivity contribution in [3.05, 3.63) is 52.8 Å². The lowest BCUT2D eigenvalue weighted by Crippen LogP contribution is -2.17. The molecule has 0 saturated heterocycles. The van der Waals surface area contributed by atoms with E-state index in [1.165, 1.54) is 13.0 Å². The number of nitrogens with two attached hydrogens (primary N) is 1. The zero-order valence-corrected chi connectivity index (χ0v) is 12.9. The number of hydrogen-bond acceptors (Lipinski definition) is 3. The summed E-state index contributed by atoms with van der Waals surface area (Å²) in [5.74, 6) is -0.789. The van der Waals surface area contributed by atoms with Crippen LogP contribution in [0.4, 0.5) is 15.8 Å². The van der Waals surface area contributed by atoms with E-state index in [9.17, 15) is 12.8 Å². The Labute approximate surface area is 123 Å². The smallest absolute Gasteiger partial charge is 0.264 e. The zero-order valence-electron chi connectivity index (χ0n) is 12.1. The van der Waals surface area contributed by atoms with Crippen molar-refractivity contribution >= 4 is 21.4 Å². The van der Waals surface area contributed by atoms with Gasteiger partial charge in [-0.25, -0.2) is 12.8 Å². The molecule has 0 spiro atoms. The predicted octanol–water partition coefficient (Wildman–Crippen LogP) is 3.13. The maximum Gasteiger partial charge on any atom is 0.264 e. The molecule has 0 aliphatic rings. The monoisotopic (exact) mass is 308 g/mol. The fourth-order valence-electron chi connectivity index (χ4n) is 2.12. The lowest BCUT2D eigenvalue weighted by molar-refractivity contribution is 0.565. The Morgan fingerprint density at radius 3 is 2.19 bits per heavy atom. The molecule has 0 aliphatic heterocycles. The number of nitrogens with one attached hydrogen (secondary N) is 1. The van der Waals surface area contributed by atoms with Gasteiger partial charge in [0.1, 0.15) is 10.7 Å². The summed E-state index contributed by atoms with van der Waals surface area (Å²) in [5, 5.41) is 0. The Morgan fingerprint density at radius 1 is 1.05 bits per heavy atom. The molecule has 0 aromatic heterocycles. The highest BCUT2D eigenvalue weighted by molar-refractivity contribution is 7.92. The van der Waals surface area contributed by atoms with Gasteiger partial charge < -0.3 is 5.73 Å². The summed E-state index contributed by atoms with van der Waals surface area (Å²) >= 11 is 0. The molecule has 3 N–H and O–H groups in total. The molecule has 112 valence electrons. The minimum Gasteiger partial charge on any atom is -0.399 e. The van der Waals surface area contributed by atoms with Crippen LogP contribution < -0.4 is 10.5 Å². The number of aryl methyl sites for hydroxylation is 3. The molecule has 0 heterocycles. The van der Waals surface area contributed by atoms with Crippen molar-refractivity contribution in [2.45, 2.75) is 25.7 Å². The standard InChI is InChI=1S/C15H17FN2O2S/c1-9-5-4-6-10(2)15(9)18-21(19,20)13-8-12(17)7-11(3)14(13)16/h4-8,18H,17H2,1-3H3. The van der Waals surface area contributed by atoms with Gasteiger partial charge >= 0.3 is 0 Å². The molecule has 0 amide bonds. The number of anilines is 2. The third-order valence-corrected chi connectivity index (χ3v) is 4.60. The molecule has 0 aliphatic carbocycles. The van der Waals surface area contributed by atoms with Gasteiger partial charge in [-0.2, -0.15) is 0 Å². The summed E-state index contributed by atoms with van der Waals surface area (Å²) in [5.41, 5.74) is 8.00. The van der Waals surface area contributed by atoms with Crippen LogP contribution in [0.2, 0.25) is 0 Å². The first-order chi connectivity index (χ1) is 9.72. The topological polar surface area (TPSA) is 72.2 Å². The number of hydrogen-bond donors (Lipinski definition) is 2. The first-order valence-electron chi connectivity index (χ1n) is 6.37. The van der Waals surface area contributed by atoms with Gasteiger partial charge in [0, 0.05) is 5.69 Å². The van der Waals surface area contributed by atoms with E-state index < -0.39 is 20.7 Å². The van der Waals surface area contributed by atoms with E-state index in [4.69, 9.17) is 5.73 Å². The minimum atomic E-state index is -4.04. The quantitative estimate of drug-likeness (QED) is 0.856. The highest BCUT2D eigenvalue weighted by atomic mass is 32.2. The Hall–Kier alpha value is -2.08. The number of para-hydroxylation sites is 1. The summed E-state index contributed by atoms with van der Waals surface area (Å²) in [7, 11) is -4.04. The van der Waals surface area contributed by atoms with Gasteiger partial charge in [-0.3, -0.25) is 4.72 Å². The summed E-state index contributed by atoms with van der Waals surface area (Å²) < 4.78 is 41.4. The van der Waals surface area contributed by atoms with Gasteiger partial charge in [0.25, 0.3) is 10.0 Å². The highest BCUT2D eigenvalue weighted by Gasteiger charge is 2.22. The van der Waals surface area contributed by atoms with Gasteiger partial charge in [-0.05, 0) is 49.6 Å². The van der Waals surface area contributed by atoms with Crippen molar-refractivity contribution < 1.29 is 12.8 Å². The van der Waals surface area contributed by atoms with Gasteiger partial charge in [-0.1, -0.05) is 18.2 Å². The zero-order chi connectivity index (χ0) is 15.8. The number of rotatable bonds is 3. The number of benzene rings is 2. The Bertz CT molecular complexity index is 781. The number of sulfonamides is 1. The van der Waals surface area contributed by atoms with E-state index in [1.807, 2.05) is 6.07 Å². The molecule has 0 radical (unpaired) electrons. The largest absolute Gasteiger partial charge is 0.399 e. The van der Waals surface area contributed by atoms with E-state index in [0.29, 0.717) is 5.69 Å². The predicted molar refractivity (Wildman–Crippen MR) is 82.3 cm³/mol. The van der Waals surface area contributed by atoms with Crippen LogP contribution in [0.3, 0.4) is 0 Å². The van der Waals surface area contributed by atoms with E-state index in [1.54, 1.807) is 26.0 Å². The average molecular weight is 308 g/mol. The van der Waals surface area contributed by atoms with Crippen LogP contribution in [0, 0.1) is 26.6 Å². The molecule has 2 rings (SSSR count). The third-order valence-electron chi connectivity index (χ3n) is 3.25. The van der Waals surface area contributed by atoms with Crippen molar-refractivity contribution in [2.24, 2.45) is 0 Å². The summed E-state index contributed by atoms with van der Waals surface area (Å²) in [4.78, 5) is -0.442. The first-order valence-corrected chi connectivity index (χ1v) is 7.85. The first kappa shape index (κ1) is 15.3. The third kappa shape index (κ3) is 3.00. The molecule has 0 saturated carbocycles. The van der Waals surface area contributed by atoms with Crippen LogP contribution in [0.5, 0.6) is 0 Å². The van der Waals surface area contributed by atoms with Crippen LogP contribution in [0.25, 0.3) is 0 Å². The van der Waals surface area contributed by atoms with E-state index in [2.05, 4.69) is 4.72 Å². The van der Waals surface area contributed by atoms with Crippen molar-refractivity contribution in [3.63, 3.8) is 0 Å². The molecular weight excluding hydrogens is 291 g/mol. The van der Waals surface area contributed by atoms with E-state index in [0.717, 1.165) is 17.2 Å². The van der Waals surface area contributed by atoms with Crippen LogP contribution in [0.15, 0.2) is 35.2 Å². The van der Waals surface area contributed by atoms with Crippen LogP contribution in [-0.2, 0) is 10.0 Å². The van der Waals surface area contributed by atoms with Gasteiger partial charge in [0.2, 0.25) is 0 Å². The molecule has 0 atom stereocenters. The Kier molecular flexibility index (Phi) is 3.91. The summed E-state index contributed by atoms with van der Waals surface area (Å²) in [6.45, 7) is 5.04. The van der Waals surface area contributed by atoms with Gasteiger partial charge in [0.15, 0.2) is 0 Å². The number of halogens is 1. The lowest BCUT2D eigenvalue weighted by atomic mass is 10.1. The van der Waals surface area contributed by atoms with Crippen LogP contribution in [0.1, 0.15) is 16.7 Å². The molecule has 0 fully saturated rings. The summed E-state index contributed by atoms with van der Waals surface area (Å²) in [6, 6.07) is 7.91. The molecule has 2 aromatic carbocycles. The molecule has 0 unspecified atom stereocenters. The Morgan fingerprint density at radius 2 is 1.62 bits per heavy atom. The van der Waals surface area contributed by atoms with Gasteiger partial charge in [0.05, 0.1) is 5.69 Å². The second-order valence-corrected chi connectivity index (χ2v) is 6.67. The second-order valence-electron chi connectivity index (χ2n) is 5.02. The lowest BCUT2D eigenvalue weighted by Gasteiger charge is -2.14. The van der Waals surface area contributed by atoms with Crippen molar-refractivity contribution in [3.8, 4) is 0 Å². The molecule has 21 heavy (non-hydrogen) atoms. The maximum atomic E-state index is 14.1. The average Bonchev–Trinajstić information content (AvgIpc) is 2.38. The second kappa shape index (κ2) is 5.37. The van der Waals surface area contributed by atoms with Gasteiger partial charge in [-0.15, -0.1) is 0 Å². The molecule has 4 nitrogen and oxygen atoms in total. The van der Waals surface area contributed by atoms with Crippen LogP contribution in [-0.4, -0.2) is 8.42 Å². The molecule has 6 heteroatoms. The fraction of sp³-hybridized carbons (Fsp3) is 0.200. The van der Waals surface area contributed by atoms with Crippen molar-refractivity contribution in [1.82, 2.24) is 0 Å². The number of nitrogen functional groups attached to an aromatic ring is 1. The molecule has 2 aromatic rings. The molecular formula is C15H17FN2O2S. The maximum absolute atomic E-state index is 14.1. The van der Waals surface area contributed by atoms with Crippen LogP contribution >= 0.6 is 0 Å². The Balaban J connectivity index is 2.54. The highest BCUT2D eigenvalue weighted by Crippen LogP contribution is 2.27. The van der Waals surface area contributed by atoms with E-state index >= 15 is 0 Å². The molecule has 0 bridgehead atoms. The van der Waals surface area contributed by atoms with Crippen molar-refractivity contribution in [1.29, 1.82) is 0 Å². The minimum absolute atomic E-state index is 0.192. The normalized spacial score (nSPS) is 11.4. The SMILES string of the molecule is Cc1cc(N)cc(S(=O)(=O)Nc2c(C)cccc2C)c1F. The fourth-order valence-corrected chi connectivity index (χ4v) is 3.51.